The van der Waals surface area contributed by atoms with Gasteiger partial charge in [-0.3, -0.25) is 4.57 Å². The third kappa shape index (κ3) is 1.63. The van der Waals surface area contributed by atoms with E-state index in [0.29, 0.717) is 5.95 Å². The number of aromatic nitrogens is 2. The van der Waals surface area contributed by atoms with E-state index in [-0.39, 0.29) is 0 Å². The maximum absolute atomic E-state index is 11.4. The number of para-hydroxylation sites is 2. The first-order valence-electron chi connectivity index (χ1n) is 5.37. The number of fused-ring (bicyclic) bond motifs is 1. The Morgan fingerprint density at radius 1 is 1.41 bits per heavy atom. The van der Waals surface area contributed by atoms with Crippen LogP contribution in [-0.4, -0.2) is 27.7 Å². The number of carbonyl (C=O) groups is 1. The molecule has 0 saturated carbocycles. The van der Waals surface area contributed by atoms with Crippen LogP contribution >= 0.6 is 0 Å². The highest BCUT2D eigenvalue weighted by molar-refractivity contribution is 5.84. The zero-order chi connectivity index (χ0) is 12.6. The Morgan fingerprint density at radius 2 is 2.06 bits per heavy atom. The van der Waals surface area contributed by atoms with Gasteiger partial charge in [-0.2, -0.15) is 0 Å². The van der Waals surface area contributed by atoms with Crippen LogP contribution in [0.4, 0.5) is 5.95 Å². The number of carboxylic acid groups (broad SMARTS) is 1. The van der Waals surface area contributed by atoms with Gasteiger partial charge in [-0.1, -0.05) is 12.1 Å². The summed E-state index contributed by atoms with van der Waals surface area (Å²) in [5.74, 6) is -0.337. The molecule has 0 bridgehead atoms. The molecule has 0 amide bonds. The van der Waals surface area contributed by atoms with E-state index in [1.54, 1.807) is 25.5 Å². The number of imidazole rings is 1. The number of hydrogen-bond donors (Lipinski definition) is 2. The highest BCUT2D eigenvalue weighted by atomic mass is 16.4. The van der Waals surface area contributed by atoms with E-state index >= 15 is 0 Å². The van der Waals surface area contributed by atoms with Crippen molar-refractivity contribution in [1.82, 2.24) is 9.55 Å². The van der Waals surface area contributed by atoms with Crippen molar-refractivity contribution >= 4 is 23.0 Å². The first kappa shape index (κ1) is 11.4. The monoisotopic (exact) mass is 233 g/mol. The number of nitrogens with one attached hydrogen (secondary N) is 1. The minimum Gasteiger partial charge on any atom is -0.480 e. The fourth-order valence-corrected chi connectivity index (χ4v) is 1.86. The number of rotatable bonds is 3. The molecule has 17 heavy (non-hydrogen) atoms. The summed E-state index contributed by atoms with van der Waals surface area (Å²) in [5.41, 5.74) is 0.546. The summed E-state index contributed by atoms with van der Waals surface area (Å²) in [6, 6.07) is 7.49. The minimum atomic E-state index is -1.05. The van der Waals surface area contributed by atoms with Gasteiger partial charge >= 0.3 is 5.97 Å². The van der Waals surface area contributed by atoms with Gasteiger partial charge in [0, 0.05) is 7.05 Å². The average molecular weight is 233 g/mol. The van der Waals surface area contributed by atoms with E-state index < -0.39 is 11.5 Å². The van der Waals surface area contributed by atoms with Gasteiger partial charge < -0.3 is 10.4 Å². The van der Waals surface area contributed by atoms with Gasteiger partial charge in [0.15, 0.2) is 0 Å². The standard InChI is InChI=1S/C12H15N3O2/c1-12(2,10(16)17)15-9-7-5-4-6-8(9)14-11(15)13-3/h4-7H,1-3H3,(H,13,14)(H,16,17). The van der Waals surface area contributed by atoms with Crippen LogP contribution in [0.3, 0.4) is 0 Å². The van der Waals surface area contributed by atoms with Crippen molar-refractivity contribution in [3.63, 3.8) is 0 Å². The Labute approximate surface area is 99.1 Å². The van der Waals surface area contributed by atoms with Crippen LogP contribution in [0.15, 0.2) is 24.3 Å². The van der Waals surface area contributed by atoms with Crippen molar-refractivity contribution in [2.24, 2.45) is 0 Å². The minimum absolute atomic E-state index is 0.554. The van der Waals surface area contributed by atoms with E-state index in [9.17, 15) is 9.90 Å². The van der Waals surface area contributed by atoms with Crippen LogP contribution in [0.2, 0.25) is 0 Å². The number of hydrogen-bond acceptors (Lipinski definition) is 3. The maximum atomic E-state index is 11.4. The third-order valence-corrected chi connectivity index (χ3v) is 2.87. The molecule has 5 nitrogen and oxygen atoms in total. The first-order chi connectivity index (χ1) is 7.98. The Morgan fingerprint density at radius 3 is 2.65 bits per heavy atom. The Hall–Kier alpha value is -2.04. The fraction of sp³-hybridized carbons (Fsp3) is 0.333. The topological polar surface area (TPSA) is 67.2 Å². The maximum Gasteiger partial charge on any atom is 0.329 e. The lowest BCUT2D eigenvalue weighted by molar-refractivity contribution is -0.145. The molecule has 1 aromatic heterocycles. The van der Waals surface area contributed by atoms with Crippen LogP contribution in [0.25, 0.3) is 11.0 Å². The zero-order valence-electron chi connectivity index (χ0n) is 10.1. The smallest absolute Gasteiger partial charge is 0.329 e. The molecule has 2 rings (SSSR count). The second kappa shape index (κ2) is 3.76. The molecular formula is C12H15N3O2. The van der Waals surface area contributed by atoms with Crippen molar-refractivity contribution in [2.75, 3.05) is 12.4 Å². The highest BCUT2D eigenvalue weighted by Gasteiger charge is 2.33. The molecule has 0 radical (unpaired) electrons. The van der Waals surface area contributed by atoms with E-state index in [2.05, 4.69) is 10.3 Å². The summed E-state index contributed by atoms with van der Waals surface area (Å²) >= 11 is 0. The van der Waals surface area contributed by atoms with Crippen LogP contribution in [0.1, 0.15) is 13.8 Å². The fourth-order valence-electron chi connectivity index (χ4n) is 1.86. The summed E-state index contributed by atoms with van der Waals surface area (Å²) in [7, 11) is 1.73. The van der Waals surface area contributed by atoms with Gasteiger partial charge in [-0.15, -0.1) is 0 Å². The SMILES string of the molecule is CNc1nc2ccccc2n1C(C)(C)C(=O)O. The molecular weight excluding hydrogens is 218 g/mol. The first-order valence-corrected chi connectivity index (χ1v) is 5.37. The molecule has 90 valence electrons. The lowest BCUT2D eigenvalue weighted by Gasteiger charge is -2.24. The van der Waals surface area contributed by atoms with Crippen molar-refractivity contribution in [1.29, 1.82) is 0 Å². The van der Waals surface area contributed by atoms with E-state index in [1.807, 2.05) is 24.3 Å². The molecule has 0 aliphatic heterocycles. The molecule has 0 spiro atoms. The predicted octanol–water partition coefficient (Wildman–Crippen LogP) is 1.90. The number of nitrogens with zero attached hydrogens (tertiary/aromatic N) is 2. The lowest BCUT2D eigenvalue weighted by Crippen LogP contribution is -2.36. The van der Waals surface area contributed by atoms with Crippen LogP contribution < -0.4 is 5.32 Å². The van der Waals surface area contributed by atoms with Crippen LogP contribution in [0.5, 0.6) is 0 Å². The zero-order valence-corrected chi connectivity index (χ0v) is 10.1. The molecule has 0 fully saturated rings. The summed E-state index contributed by atoms with van der Waals surface area (Å²) in [5, 5.41) is 12.3. The van der Waals surface area contributed by atoms with E-state index in [4.69, 9.17) is 0 Å². The van der Waals surface area contributed by atoms with Crippen molar-refractivity contribution < 1.29 is 9.90 Å². The van der Waals surface area contributed by atoms with E-state index in [0.717, 1.165) is 11.0 Å². The number of aliphatic carboxylic acids is 1. The summed E-state index contributed by atoms with van der Waals surface area (Å²) in [4.78, 5) is 15.7. The normalized spacial score (nSPS) is 11.7. The molecule has 0 aliphatic carbocycles. The highest BCUT2D eigenvalue weighted by Crippen LogP contribution is 2.28. The van der Waals surface area contributed by atoms with Crippen molar-refractivity contribution in [2.45, 2.75) is 19.4 Å². The number of benzene rings is 1. The quantitative estimate of drug-likeness (QED) is 0.849. The molecule has 0 unspecified atom stereocenters. The van der Waals surface area contributed by atoms with Crippen molar-refractivity contribution in [3.05, 3.63) is 24.3 Å². The summed E-state index contributed by atoms with van der Waals surface area (Å²) < 4.78 is 1.70. The van der Waals surface area contributed by atoms with E-state index in [1.165, 1.54) is 0 Å². The van der Waals surface area contributed by atoms with Crippen molar-refractivity contribution in [3.8, 4) is 0 Å². The molecule has 1 heterocycles. The van der Waals surface area contributed by atoms with Crippen LogP contribution in [-0.2, 0) is 10.3 Å². The number of carboxylic acids is 1. The second-order valence-corrected chi connectivity index (χ2v) is 4.37. The largest absolute Gasteiger partial charge is 0.480 e. The molecule has 0 aliphatic rings. The second-order valence-electron chi connectivity index (χ2n) is 4.37. The predicted molar refractivity (Wildman–Crippen MR) is 66.2 cm³/mol. The molecule has 5 heteroatoms. The molecule has 2 aromatic rings. The van der Waals surface area contributed by atoms with Gasteiger partial charge in [0.2, 0.25) is 5.95 Å². The molecule has 2 N–H and O–H groups in total. The molecule has 0 saturated heterocycles. The number of anilines is 1. The molecule has 0 atom stereocenters. The third-order valence-electron chi connectivity index (χ3n) is 2.87. The Bertz CT molecular complexity index is 572. The summed E-state index contributed by atoms with van der Waals surface area (Å²) in [6.45, 7) is 3.31. The average Bonchev–Trinajstić information content (AvgIpc) is 2.67. The van der Waals surface area contributed by atoms with Crippen LogP contribution in [0, 0.1) is 0 Å². The van der Waals surface area contributed by atoms with Gasteiger partial charge in [0.1, 0.15) is 5.54 Å². The molecule has 1 aromatic carbocycles. The lowest BCUT2D eigenvalue weighted by atomic mass is 10.1. The van der Waals surface area contributed by atoms with Gasteiger partial charge in [-0.05, 0) is 26.0 Å². The Kier molecular flexibility index (Phi) is 2.53. The van der Waals surface area contributed by atoms with Gasteiger partial charge in [0.05, 0.1) is 11.0 Å². The van der Waals surface area contributed by atoms with Gasteiger partial charge in [0.25, 0.3) is 0 Å². The summed E-state index contributed by atoms with van der Waals surface area (Å²) in [6.07, 6.45) is 0. The van der Waals surface area contributed by atoms with Gasteiger partial charge in [-0.25, -0.2) is 9.78 Å². The Balaban J connectivity index is 2.78.